The van der Waals surface area contributed by atoms with Gasteiger partial charge in [0.15, 0.2) is 0 Å². The molecule has 0 aliphatic carbocycles. The number of aryl methyl sites for hydroxylation is 1. The lowest BCUT2D eigenvalue weighted by Gasteiger charge is -2.06. The zero-order chi connectivity index (χ0) is 10.6. The molecule has 0 saturated heterocycles. The Morgan fingerprint density at radius 1 is 1.43 bits per heavy atom. The molecule has 0 spiro atoms. The van der Waals surface area contributed by atoms with E-state index in [4.69, 9.17) is 0 Å². The summed E-state index contributed by atoms with van der Waals surface area (Å²) < 4.78 is 0. The van der Waals surface area contributed by atoms with Gasteiger partial charge in [-0.15, -0.1) is 0 Å². The average Bonchev–Trinajstić information content (AvgIpc) is 2.19. The van der Waals surface area contributed by atoms with Crippen LogP contribution in [-0.2, 0) is 11.2 Å². The van der Waals surface area contributed by atoms with E-state index >= 15 is 0 Å². The maximum Gasteiger partial charge on any atom is 0.237 e. The van der Waals surface area contributed by atoms with Crippen molar-refractivity contribution in [3.05, 3.63) is 29.8 Å². The normalized spacial score (nSPS) is 12.2. The Morgan fingerprint density at radius 3 is 2.43 bits per heavy atom. The van der Waals surface area contributed by atoms with Crippen molar-refractivity contribution in [1.29, 1.82) is 0 Å². The summed E-state index contributed by atoms with van der Waals surface area (Å²) in [7, 11) is 0. The molecule has 0 heterocycles. The lowest BCUT2D eigenvalue weighted by molar-refractivity contribution is -0.115. The van der Waals surface area contributed by atoms with Gasteiger partial charge in [0.05, 0.1) is 4.83 Å². The molecule has 2 nitrogen and oxygen atoms in total. The fraction of sp³-hybridized carbons (Fsp3) is 0.364. The summed E-state index contributed by atoms with van der Waals surface area (Å²) >= 11 is 3.21. The van der Waals surface area contributed by atoms with Gasteiger partial charge in [-0.05, 0) is 31.0 Å². The minimum Gasteiger partial charge on any atom is -0.325 e. The third-order valence-corrected chi connectivity index (χ3v) is 2.41. The molecule has 0 unspecified atom stereocenters. The van der Waals surface area contributed by atoms with Gasteiger partial charge < -0.3 is 5.32 Å². The molecule has 0 aromatic heterocycles. The highest BCUT2D eigenvalue weighted by Crippen LogP contribution is 2.11. The SMILES string of the molecule is CCc1ccc(NC(=O)[C@@H](C)Br)cc1. The number of hydrogen-bond acceptors (Lipinski definition) is 1. The lowest BCUT2D eigenvalue weighted by atomic mass is 10.1. The van der Waals surface area contributed by atoms with E-state index in [-0.39, 0.29) is 10.7 Å². The summed E-state index contributed by atoms with van der Waals surface area (Å²) in [5.41, 5.74) is 2.12. The van der Waals surface area contributed by atoms with Crippen LogP contribution in [0.5, 0.6) is 0 Å². The van der Waals surface area contributed by atoms with Crippen LogP contribution in [0.15, 0.2) is 24.3 Å². The zero-order valence-electron chi connectivity index (χ0n) is 8.38. The zero-order valence-corrected chi connectivity index (χ0v) is 9.97. The van der Waals surface area contributed by atoms with Crippen LogP contribution >= 0.6 is 15.9 Å². The van der Waals surface area contributed by atoms with Crippen LogP contribution in [0.4, 0.5) is 5.69 Å². The molecule has 1 aromatic rings. The number of anilines is 1. The Labute approximate surface area is 92.8 Å². The molecule has 1 amide bonds. The lowest BCUT2D eigenvalue weighted by Crippen LogP contribution is -2.19. The summed E-state index contributed by atoms with van der Waals surface area (Å²) in [6.45, 7) is 3.91. The molecule has 76 valence electrons. The van der Waals surface area contributed by atoms with Gasteiger partial charge in [0, 0.05) is 5.69 Å². The smallest absolute Gasteiger partial charge is 0.237 e. The van der Waals surface area contributed by atoms with Crippen molar-refractivity contribution in [2.75, 3.05) is 5.32 Å². The molecule has 0 aliphatic rings. The fourth-order valence-electron chi connectivity index (χ4n) is 1.07. The van der Waals surface area contributed by atoms with E-state index in [1.807, 2.05) is 24.3 Å². The number of rotatable bonds is 3. The van der Waals surface area contributed by atoms with Gasteiger partial charge in [0.1, 0.15) is 0 Å². The first-order chi connectivity index (χ1) is 6.63. The van der Waals surface area contributed by atoms with E-state index in [1.54, 1.807) is 6.92 Å². The Morgan fingerprint density at radius 2 is 2.00 bits per heavy atom. The first kappa shape index (κ1) is 11.2. The first-order valence-corrected chi connectivity index (χ1v) is 5.59. The number of alkyl halides is 1. The molecule has 0 bridgehead atoms. The van der Waals surface area contributed by atoms with Crippen LogP contribution in [0.1, 0.15) is 19.4 Å². The van der Waals surface area contributed by atoms with Gasteiger partial charge in [0.25, 0.3) is 0 Å². The number of benzene rings is 1. The van der Waals surface area contributed by atoms with Crippen LogP contribution < -0.4 is 5.32 Å². The number of halogens is 1. The molecular formula is C11H14BrNO. The molecule has 0 radical (unpaired) electrons. The van der Waals surface area contributed by atoms with Crippen molar-refractivity contribution in [1.82, 2.24) is 0 Å². The summed E-state index contributed by atoms with van der Waals surface area (Å²) in [5, 5.41) is 2.81. The van der Waals surface area contributed by atoms with E-state index in [1.165, 1.54) is 5.56 Å². The van der Waals surface area contributed by atoms with Crippen LogP contribution in [0, 0.1) is 0 Å². The number of amides is 1. The molecule has 0 aliphatic heterocycles. The van der Waals surface area contributed by atoms with Crippen LogP contribution in [0.25, 0.3) is 0 Å². The number of carbonyl (C=O) groups is 1. The van der Waals surface area contributed by atoms with E-state index < -0.39 is 0 Å². The topological polar surface area (TPSA) is 29.1 Å². The van der Waals surface area contributed by atoms with Crippen LogP contribution in [-0.4, -0.2) is 10.7 Å². The van der Waals surface area contributed by atoms with Gasteiger partial charge in [0.2, 0.25) is 5.91 Å². The number of carbonyl (C=O) groups excluding carboxylic acids is 1. The van der Waals surface area contributed by atoms with Crippen molar-refractivity contribution in [3.8, 4) is 0 Å². The predicted octanol–water partition coefficient (Wildman–Crippen LogP) is 2.97. The first-order valence-electron chi connectivity index (χ1n) is 4.67. The fourth-order valence-corrected chi connectivity index (χ4v) is 1.18. The van der Waals surface area contributed by atoms with Crippen molar-refractivity contribution >= 4 is 27.5 Å². The summed E-state index contributed by atoms with van der Waals surface area (Å²) in [6.07, 6.45) is 1.02. The summed E-state index contributed by atoms with van der Waals surface area (Å²) in [5.74, 6) is -0.0192. The highest BCUT2D eigenvalue weighted by molar-refractivity contribution is 9.10. The van der Waals surface area contributed by atoms with Crippen LogP contribution in [0.2, 0.25) is 0 Å². The molecule has 1 aromatic carbocycles. The van der Waals surface area contributed by atoms with Gasteiger partial charge in [-0.1, -0.05) is 35.0 Å². The Balaban J connectivity index is 2.64. The second-order valence-corrected chi connectivity index (χ2v) is 4.53. The highest BCUT2D eigenvalue weighted by atomic mass is 79.9. The number of hydrogen-bond donors (Lipinski definition) is 1. The second kappa shape index (κ2) is 5.15. The predicted molar refractivity (Wildman–Crippen MR) is 62.8 cm³/mol. The van der Waals surface area contributed by atoms with E-state index in [9.17, 15) is 4.79 Å². The molecule has 14 heavy (non-hydrogen) atoms. The number of nitrogens with one attached hydrogen (secondary N) is 1. The molecule has 1 atom stereocenters. The van der Waals surface area contributed by atoms with Crippen molar-refractivity contribution < 1.29 is 4.79 Å². The molecular weight excluding hydrogens is 242 g/mol. The minimum atomic E-state index is -0.159. The largest absolute Gasteiger partial charge is 0.325 e. The Kier molecular flexibility index (Phi) is 4.14. The van der Waals surface area contributed by atoms with E-state index in [0.29, 0.717) is 0 Å². The molecule has 0 saturated carbocycles. The summed E-state index contributed by atoms with van der Waals surface area (Å²) in [4.78, 5) is 11.1. The Bertz CT molecular complexity index is 306. The highest BCUT2D eigenvalue weighted by Gasteiger charge is 2.07. The maximum absolute atomic E-state index is 11.3. The van der Waals surface area contributed by atoms with E-state index in [2.05, 4.69) is 28.2 Å². The maximum atomic E-state index is 11.3. The standard InChI is InChI=1S/C11H14BrNO/c1-3-9-4-6-10(7-5-9)13-11(14)8(2)12/h4-8H,3H2,1-2H3,(H,13,14)/t8-/m1/s1. The van der Waals surface area contributed by atoms with Crippen LogP contribution in [0.3, 0.4) is 0 Å². The van der Waals surface area contributed by atoms with Crippen molar-refractivity contribution in [3.63, 3.8) is 0 Å². The Hall–Kier alpha value is -0.830. The third-order valence-electron chi connectivity index (χ3n) is 1.99. The third kappa shape index (κ3) is 3.14. The molecule has 1 N–H and O–H groups in total. The molecule has 1 rings (SSSR count). The quantitative estimate of drug-likeness (QED) is 0.827. The van der Waals surface area contributed by atoms with E-state index in [0.717, 1.165) is 12.1 Å². The van der Waals surface area contributed by atoms with Crippen molar-refractivity contribution in [2.24, 2.45) is 0 Å². The minimum absolute atomic E-state index is 0.0192. The van der Waals surface area contributed by atoms with Gasteiger partial charge >= 0.3 is 0 Å². The molecule has 0 fully saturated rings. The van der Waals surface area contributed by atoms with Gasteiger partial charge in [-0.25, -0.2) is 0 Å². The molecule has 3 heteroatoms. The van der Waals surface area contributed by atoms with Crippen molar-refractivity contribution in [2.45, 2.75) is 25.1 Å². The average molecular weight is 256 g/mol. The second-order valence-electron chi connectivity index (χ2n) is 3.16. The van der Waals surface area contributed by atoms with Gasteiger partial charge in [-0.2, -0.15) is 0 Å². The monoisotopic (exact) mass is 255 g/mol. The van der Waals surface area contributed by atoms with Gasteiger partial charge in [-0.3, -0.25) is 4.79 Å². The summed E-state index contributed by atoms with van der Waals surface area (Å²) in [6, 6.07) is 7.89.